The average molecular weight is 601 g/mol. The lowest BCUT2D eigenvalue weighted by molar-refractivity contribution is -0.118. The highest BCUT2D eigenvalue weighted by molar-refractivity contribution is 8.00. The Morgan fingerprint density at radius 2 is 1.71 bits per heavy atom. The maximum atomic E-state index is 13.9. The molecule has 5 rings (SSSR count). The number of para-hydroxylation sites is 1. The van der Waals surface area contributed by atoms with Crippen molar-refractivity contribution in [1.29, 1.82) is 0 Å². The van der Waals surface area contributed by atoms with Gasteiger partial charge in [-0.05, 0) is 66.6 Å². The third-order valence-electron chi connectivity index (χ3n) is 6.96. The zero-order chi connectivity index (χ0) is 29.5. The van der Waals surface area contributed by atoms with E-state index in [4.69, 9.17) is 9.47 Å². The number of anilines is 2. The summed E-state index contributed by atoms with van der Waals surface area (Å²) in [4.78, 5) is 41.1. The van der Waals surface area contributed by atoms with E-state index >= 15 is 0 Å². The van der Waals surface area contributed by atoms with Crippen LogP contribution >= 0.6 is 23.1 Å². The molecule has 0 spiro atoms. The van der Waals surface area contributed by atoms with Crippen molar-refractivity contribution in [3.05, 3.63) is 106 Å². The molecule has 0 saturated heterocycles. The molecular formula is C33H32N2O5S2. The molecule has 2 atom stereocenters. The summed E-state index contributed by atoms with van der Waals surface area (Å²) in [5.41, 5.74) is 2.88. The van der Waals surface area contributed by atoms with E-state index in [0.29, 0.717) is 27.9 Å². The molecule has 1 heterocycles. The number of carbonyl (C=O) groups excluding carboxylic acids is 3. The fourth-order valence-electron chi connectivity index (χ4n) is 4.88. The lowest BCUT2D eigenvalue weighted by Crippen LogP contribution is -2.21. The van der Waals surface area contributed by atoms with Crippen molar-refractivity contribution in [3.8, 4) is 5.75 Å². The molecule has 0 radical (unpaired) electrons. The van der Waals surface area contributed by atoms with Crippen molar-refractivity contribution in [1.82, 2.24) is 0 Å². The van der Waals surface area contributed by atoms with Crippen molar-refractivity contribution in [2.45, 2.75) is 36.3 Å². The van der Waals surface area contributed by atoms with E-state index in [9.17, 15) is 14.4 Å². The van der Waals surface area contributed by atoms with Gasteiger partial charge in [-0.25, -0.2) is 4.79 Å². The van der Waals surface area contributed by atoms with Crippen LogP contribution in [0, 0.1) is 5.92 Å². The zero-order valence-corrected chi connectivity index (χ0v) is 25.1. The molecule has 0 fully saturated rings. The van der Waals surface area contributed by atoms with E-state index in [1.807, 2.05) is 66.7 Å². The molecule has 1 aliphatic rings. The van der Waals surface area contributed by atoms with Crippen LogP contribution in [0.4, 0.5) is 10.7 Å². The Kier molecular flexibility index (Phi) is 9.61. The van der Waals surface area contributed by atoms with Gasteiger partial charge in [0.05, 0.1) is 12.7 Å². The number of rotatable bonds is 10. The second-order valence-electron chi connectivity index (χ2n) is 10.1. The predicted molar refractivity (Wildman–Crippen MR) is 168 cm³/mol. The summed E-state index contributed by atoms with van der Waals surface area (Å²) < 4.78 is 10.7. The van der Waals surface area contributed by atoms with E-state index in [0.717, 1.165) is 40.2 Å². The van der Waals surface area contributed by atoms with Crippen LogP contribution in [0.15, 0.2) is 89.8 Å². The minimum atomic E-state index is -0.609. The maximum Gasteiger partial charge on any atom is 0.341 e. The Labute approximate surface area is 253 Å². The third-order valence-corrected chi connectivity index (χ3v) is 9.38. The van der Waals surface area contributed by atoms with Crippen molar-refractivity contribution in [2.24, 2.45) is 5.92 Å². The molecule has 1 aliphatic carbocycles. The normalized spacial score (nSPS) is 14.8. The Morgan fingerprint density at radius 3 is 2.45 bits per heavy atom. The maximum absolute atomic E-state index is 13.9. The summed E-state index contributed by atoms with van der Waals surface area (Å²) in [5.74, 6) is 0.181. The Morgan fingerprint density at radius 1 is 0.976 bits per heavy atom. The van der Waals surface area contributed by atoms with Gasteiger partial charge in [0.15, 0.2) is 6.61 Å². The summed E-state index contributed by atoms with van der Waals surface area (Å²) in [7, 11) is 1.37. The molecule has 4 aromatic rings. The average Bonchev–Trinajstić information content (AvgIpc) is 3.36. The number of thioether (sulfide) groups is 1. The van der Waals surface area contributed by atoms with Crippen LogP contribution in [-0.2, 0) is 27.2 Å². The van der Waals surface area contributed by atoms with Gasteiger partial charge in [0.1, 0.15) is 16.0 Å². The Balaban J connectivity index is 1.34. The molecule has 2 unspecified atom stereocenters. The highest BCUT2D eigenvalue weighted by atomic mass is 32.2. The standard InChI is InChI=1S/C33H32N2O5S2/c1-21-16-17-26-27(18-21)42-32(29(26)33(38)39-2)35-31(37)30(22-10-5-3-6-11-22)41-25-15-9-12-23(19-25)34-28(36)20-40-24-13-7-4-8-14-24/h3-15,19,21,30H,16-18,20H2,1-2H3,(H,34,36)(H,35,37). The molecule has 0 bridgehead atoms. The van der Waals surface area contributed by atoms with Crippen molar-refractivity contribution in [2.75, 3.05) is 24.4 Å². The van der Waals surface area contributed by atoms with Gasteiger partial charge in [-0.3, -0.25) is 9.59 Å². The van der Waals surface area contributed by atoms with Gasteiger partial charge in [0.25, 0.3) is 5.91 Å². The second-order valence-corrected chi connectivity index (χ2v) is 12.4. The smallest absolute Gasteiger partial charge is 0.341 e. The number of amides is 2. The first-order valence-electron chi connectivity index (χ1n) is 13.7. The molecule has 2 N–H and O–H groups in total. The zero-order valence-electron chi connectivity index (χ0n) is 23.4. The van der Waals surface area contributed by atoms with E-state index in [2.05, 4.69) is 17.6 Å². The van der Waals surface area contributed by atoms with E-state index < -0.39 is 11.2 Å². The number of thiophene rings is 1. The molecule has 2 amide bonds. The molecule has 216 valence electrons. The molecule has 1 aromatic heterocycles. The number of carbonyl (C=O) groups is 3. The lowest BCUT2D eigenvalue weighted by atomic mass is 9.88. The number of hydrogen-bond donors (Lipinski definition) is 2. The van der Waals surface area contributed by atoms with Crippen LogP contribution in [0.5, 0.6) is 5.75 Å². The summed E-state index contributed by atoms with van der Waals surface area (Å²) in [6, 6.07) is 26.0. The Bertz CT molecular complexity index is 1560. The summed E-state index contributed by atoms with van der Waals surface area (Å²) >= 11 is 2.84. The molecule has 9 heteroatoms. The number of benzene rings is 3. The van der Waals surface area contributed by atoms with Gasteiger partial charge < -0.3 is 20.1 Å². The highest BCUT2D eigenvalue weighted by Crippen LogP contribution is 2.42. The third kappa shape index (κ3) is 7.21. The molecule has 7 nitrogen and oxygen atoms in total. The molecule has 0 saturated carbocycles. The van der Waals surface area contributed by atoms with Gasteiger partial charge in [0, 0.05) is 15.5 Å². The molecule has 3 aromatic carbocycles. The van der Waals surface area contributed by atoms with Crippen molar-refractivity contribution >= 4 is 51.6 Å². The quantitative estimate of drug-likeness (QED) is 0.148. The summed E-state index contributed by atoms with van der Waals surface area (Å²) in [5, 5.41) is 5.86. The first kappa shape index (κ1) is 29.4. The first-order chi connectivity index (χ1) is 20.4. The van der Waals surface area contributed by atoms with E-state index in [1.165, 1.54) is 30.2 Å². The van der Waals surface area contributed by atoms with Crippen LogP contribution in [-0.4, -0.2) is 31.5 Å². The SMILES string of the molecule is COC(=O)c1c(NC(=O)C(Sc2cccc(NC(=O)COc3ccccc3)c2)c2ccccc2)sc2c1CCC(C)C2. The van der Waals surface area contributed by atoms with Gasteiger partial charge in [-0.15, -0.1) is 23.1 Å². The fraction of sp³-hybridized carbons (Fsp3) is 0.242. The van der Waals surface area contributed by atoms with Crippen molar-refractivity contribution < 1.29 is 23.9 Å². The van der Waals surface area contributed by atoms with Gasteiger partial charge >= 0.3 is 5.97 Å². The lowest BCUT2D eigenvalue weighted by Gasteiger charge is -2.18. The monoisotopic (exact) mass is 600 g/mol. The minimum absolute atomic E-state index is 0.122. The summed E-state index contributed by atoms with van der Waals surface area (Å²) in [6.07, 6.45) is 2.67. The highest BCUT2D eigenvalue weighted by Gasteiger charge is 2.31. The number of fused-ring (bicyclic) bond motifs is 1. The van der Waals surface area contributed by atoms with E-state index in [1.54, 1.807) is 18.2 Å². The molecule has 42 heavy (non-hydrogen) atoms. The van der Waals surface area contributed by atoms with Crippen molar-refractivity contribution in [3.63, 3.8) is 0 Å². The van der Waals surface area contributed by atoms with Gasteiger partial charge in [-0.1, -0.05) is 61.5 Å². The van der Waals surface area contributed by atoms with Gasteiger partial charge in [-0.2, -0.15) is 0 Å². The van der Waals surface area contributed by atoms with Crippen LogP contribution < -0.4 is 15.4 Å². The molecular weight excluding hydrogens is 569 g/mol. The van der Waals surface area contributed by atoms with Crippen LogP contribution in [0.25, 0.3) is 0 Å². The number of methoxy groups -OCH3 is 1. The Hall–Kier alpha value is -4.08. The van der Waals surface area contributed by atoms with Crippen LogP contribution in [0.3, 0.4) is 0 Å². The second kappa shape index (κ2) is 13.7. The largest absolute Gasteiger partial charge is 0.484 e. The number of hydrogen-bond acceptors (Lipinski definition) is 7. The predicted octanol–water partition coefficient (Wildman–Crippen LogP) is 7.15. The fourth-order valence-corrected chi connectivity index (χ4v) is 7.37. The number of nitrogens with one attached hydrogen (secondary N) is 2. The minimum Gasteiger partial charge on any atom is -0.484 e. The summed E-state index contributed by atoms with van der Waals surface area (Å²) in [6.45, 7) is 2.08. The van der Waals surface area contributed by atoms with Crippen LogP contribution in [0.1, 0.15) is 45.0 Å². The van der Waals surface area contributed by atoms with Crippen LogP contribution in [0.2, 0.25) is 0 Å². The first-order valence-corrected chi connectivity index (χ1v) is 15.4. The number of esters is 1. The van der Waals surface area contributed by atoms with E-state index in [-0.39, 0.29) is 18.4 Å². The topological polar surface area (TPSA) is 93.7 Å². The molecule has 0 aliphatic heterocycles. The van der Waals surface area contributed by atoms with Gasteiger partial charge in [0.2, 0.25) is 5.91 Å². The number of ether oxygens (including phenoxy) is 2.